The van der Waals surface area contributed by atoms with Crippen LogP contribution in [0.4, 0.5) is 0 Å². The summed E-state index contributed by atoms with van der Waals surface area (Å²) >= 11 is 0. The number of hydrogen-bond donors (Lipinski definition) is 0. The fourth-order valence-electron chi connectivity index (χ4n) is 5.05. The van der Waals surface area contributed by atoms with E-state index in [9.17, 15) is 0 Å². The first-order valence-electron chi connectivity index (χ1n) is 14.1. The molecule has 0 saturated carbocycles. The molecule has 2 heterocycles. The highest BCUT2D eigenvalue weighted by molar-refractivity contribution is 5.94. The fraction of sp³-hybridized carbons (Fsp3) is 0.364. The number of benzene rings is 3. The third kappa shape index (κ3) is 6.84. The molecule has 0 N–H and O–H groups in total. The molecule has 7 heteroatoms. The summed E-state index contributed by atoms with van der Waals surface area (Å²) in [6.07, 6.45) is 0.974. The van der Waals surface area contributed by atoms with Gasteiger partial charge >= 0.3 is 0 Å². The Bertz CT molecular complexity index is 1370. The first kappa shape index (κ1) is 27.7. The van der Waals surface area contributed by atoms with Gasteiger partial charge in [0.25, 0.3) is 0 Å². The predicted molar refractivity (Wildman–Crippen MR) is 160 cm³/mol. The Hall–Kier alpha value is -3.81. The quantitative estimate of drug-likeness (QED) is 0.221. The lowest BCUT2D eigenvalue weighted by molar-refractivity contribution is 0.113. The molecule has 1 fully saturated rings. The molecule has 1 aromatic heterocycles. The van der Waals surface area contributed by atoms with Gasteiger partial charge in [-0.1, -0.05) is 37.3 Å². The van der Waals surface area contributed by atoms with Crippen molar-refractivity contribution >= 4 is 10.9 Å². The van der Waals surface area contributed by atoms with E-state index in [2.05, 4.69) is 47.1 Å². The van der Waals surface area contributed by atoms with Crippen molar-refractivity contribution in [2.45, 2.75) is 19.9 Å². The lowest BCUT2D eigenvalue weighted by Crippen LogP contribution is -2.47. The smallest absolute Gasteiger partial charge is 0.135 e. The van der Waals surface area contributed by atoms with E-state index in [4.69, 9.17) is 23.9 Å². The van der Waals surface area contributed by atoms with Crippen molar-refractivity contribution < 1.29 is 18.9 Å². The molecule has 1 saturated heterocycles. The van der Waals surface area contributed by atoms with E-state index in [1.807, 2.05) is 42.5 Å². The standard InChI is InChI=1S/C33H39N3O4/c1-4-19-39-27-12-10-26(11-13-27)29-23-32(33-30(34-29)21-28(37-2)22-31(33)38-3)40-20-18-35-14-16-36(17-15-35)24-25-8-6-5-7-9-25/h5-13,21-23H,4,14-20,24H2,1-3H3. The van der Waals surface area contributed by atoms with Crippen molar-refractivity contribution in [2.75, 3.05) is 60.2 Å². The zero-order chi connectivity index (χ0) is 27.7. The van der Waals surface area contributed by atoms with E-state index >= 15 is 0 Å². The Kier molecular flexibility index (Phi) is 9.37. The SMILES string of the molecule is CCCOc1ccc(-c2cc(OCCN3CCN(Cc4ccccc4)CC3)c3c(OC)cc(OC)cc3n2)cc1. The van der Waals surface area contributed by atoms with Crippen molar-refractivity contribution in [1.82, 2.24) is 14.8 Å². The molecule has 40 heavy (non-hydrogen) atoms. The number of rotatable bonds is 12. The first-order valence-corrected chi connectivity index (χ1v) is 14.1. The van der Waals surface area contributed by atoms with Crippen LogP contribution in [0.1, 0.15) is 18.9 Å². The number of methoxy groups -OCH3 is 2. The number of aromatic nitrogens is 1. The Morgan fingerprint density at radius 1 is 0.725 bits per heavy atom. The van der Waals surface area contributed by atoms with E-state index in [0.717, 1.165) is 79.3 Å². The Morgan fingerprint density at radius 3 is 2.17 bits per heavy atom. The van der Waals surface area contributed by atoms with Gasteiger partial charge in [0.2, 0.25) is 0 Å². The molecule has 210 valence electrons. The van der Waals surface area contributed by atoms with Crippen LogP contribution < -0.4 is 18.9 Å². The highest BCUT2D eigenvalue weighted by Gasteiger charge is 2.19. The summed E-state index contributed by atoms with van der Waals surface area (Å²) in [5, 5.41) is 0.850. The van der Waals surface area contributed by atoms with Crippen LogP contribution >= 0.6 is 0 Å². The maximum Gasteiger partial charge on any atom is 0.135 e. The van der Waals surface area contributed by atoms with Crippen LogP contribution in [0, 0.1) is 0 Å². The second-order valence-corrected chi connectivity index (χ2v) is 10.1. The summed E-state index contributed by atoms with van der Waals surface area (Å²) in [6.45, 7) is 9.43. The van der Waals surface area contributed by atoms with Crippen LogP contribution in [0.5, 0.6) is 23.0 Å². The maximum atomic E-state index is 6.46. The number of hydrogen-bond acceptors (Lipinski definition) is 7. The summed E-state index contributed by atoms with van der Waals surface area (Å²) in [6, 6.07) is 24.6. The van der Waals surface area contributed by atoms with Crippen LogP contribution in [0.3, 0.4) is 0 Å². The van der Waals surface area contributed by atoms with Gasteiger partial charge < -0.3 is 18.9 Å². The molecule has 0 aliphatic carbocycles. The van der Waals surface area contributed by atoms with Crippen molar-refractivity contribution in [3.8, 4) is 34.3 Å². The van der Waals surface area contributed by atoms with Crippen LogP contribution in [-0.4, -0.2) is 74.9 Å². The zero-order valence-corrected chi connectivity index (χ0v) is 23.8. The molecule has 0 amide bonds. The lowest BCUT2D eigenvalue weighted by atomic mass is 10.1. The lowest BCUT2D eigenvalue weighted by Gasteiger charge is -2.34. The first-order chi connectivity index (χ1) is 19.7. The van der Waals surface area contributed by atoms with Gasteiger partial charge in [0.1, 0.15) is 29.6 Å². The largest absolute Gasteiger partial charge is 0.497 e. The minimum absolute atomic E-state index is 0.580. The minimum Gasteiger partial charge on any atom is -0.497 e. The van der Waals surface area contributed by atoms with E-state index in [-0.39, 0.29) is 0 Å². The number of pyridine rings is 1. The Morgan fingerprint density at radius 2 is 1.48 bits per heavy atom. The highest BCUT2D eigenvalue weighted by atomic mass is 16.5. The van der Waals surface area contributed by atoms with Crippen LogP contribution in [0.25, 0.3) is 22.2 Å². The number of piperazine rings is 1. The van der Waals surface area contributed by atoms with Crippen molar-refractivity contribution in [3.05, 3.63) is 78.4 Å². The van der Waals surface area contributed by atoms with Gasteiger partial charge in [0.15, 0.2) is 0 Å². The van der Waals surface area contributed by atoms with Crippen LogP contribution in [0.15, 0.2) is 72.8 Å². The average Bonchev–Trinajstić information content (AvgIpc) is 3.00. The van der Waals surface area contributed by atoms with Gasteiger partial charge in [0, 0.05) is 63.0 Å². The molecule has 1 aliphatic heterocycles. The van der Waals surface area contributed by atoms with Gasteiger partial charge in [0.05, 0.1) is 37.4 Å². The summed E-state index contributed by atoms with van der Waals surface area (Å²) < 4.78 is 23.5. The van der Waals surface area contributed by atoms with Gasteiger partial charge in [-0.3, -0.25) is 9.80 Å². The molecular formula is C33H39N3O4. The second kappa shape index (κ2) is 13.5. The van der Waals surface area contributed by atoms with Crippen LogP contribution in [0.2, 0.25) is 0 Å². The molecule has 0 unspecified atom stereocenters. The van der Waals surface area contributed by atoms with Gasteiger partial charge in [-0.05, 0) is 36.2 Å². The third-order valence-electron chi connectivity index (χ3n) is 7.27. The average molecular weight is 542 g/mol. The van der Waals surface area contributed by atoms with Crippen molar-refractivity contribution in [1.29, 1.82) is 0 Å². The predicted octanol–water partition coefficient (Wildman–Crippen LogP) is 5.90. The summed E-state index contributed by atoms with van der Waals surface area (Å²) in [5.74, 6) is 2.99. The Balaban J connectivity index is 1.30. The van der Waals surface area contributed by atoms with Gasteiger partial charge in [-0.25, -0.2) is 4.98 Å². The molecule has 5 rings (SSSR count). The molecule has 0 bridgehead atoms. The second-order valence-electron chi connectivity index (χ2n) is 10.1. The molecule has 3 aromatic carbocycles. The van der Waals surface area contributed by atoms with E-state index in [1.165, 1.54) is 5.56 Å². The normalized spacial score (nSPS) is 14.3. The summed E-state index contributed by atoms with van der Waals surface area (Å²) in [7, 11) is 3.31. The molecular weight excluding hydrogens is 502 g/mol. The molecule has 1 aliphatic rings. The molecule has 0 atom stereocenters. The van der Waals surface area contributed by atoms with Crippen molar-refractivity contribution in [2.24, 2.45) is 0 Å². The zero-order valence-electron chi connectivity index (χ0n) is 23.8. The number of nitrogens with zero attached hydrogens (tertiary/aromatic N) is 3. The van der Waals surface area contributed by atoms with Crippen LogP contribution in [-0.2, 0) is 6.54 Å². The summed E-state index contributed by atoms with van der Waals surface area (Å²) in [5.41, 5.74) is 3.96. The van der Waals surface area contributed by atoms with E-state index in [0.29, 0.717) is 24.7 Å². The third-order valence-corrected chi connectivity index (χ3v) is 7.27. The Labute approximate surface area is 237 Å². The maximum absolute atomic E-state index is 6.46. The number of ether oxygens (including phenoxy) is 4. The van der Waals surface area contributed by atoms with Gasteiger partial charge in [-0.2, -0.15) is 0 Å². The topological polar surface area (TPSA) is 56.3 Å². The molecule has 7 nitrogen and oxygen atoms in total. The number of fused-ring (bicyclic) bond motifs is 1. The fourth-order valence-corrected chi connectivity index (χ4v) is 5.05. The monoisotopic (exact) mass is 541 g/mol. The summed E-state index contributed by atoms with van der Waals surface area (Å²) in [4.78, 5) is 9.95. The molecule has 0 radical (unpaired) electrons. The van der Waals surface area contributed by atoms with E-state index in [1.54, 1.807) is 14.2 Å². The van der Waals surface area contributed by atoms with Crippen molar-refractivity contribution in [3.63, 3.8) is 0 Å². The highest BCUT2D eigenvalue weighted by Crippen LogP contribution is 2.39. The minimum atomic E-state index is 0.580. The van der Waals surface area contributed by atoms with Gasteiger partial charge in [-0.15, -0.1) is 0 Å². The van der Waals surface area contributed by atoms with E-state index < -0.39 is 0 Å². The molecule has 4 aromatic rings. The molecule has 0 spiro atoms.